The zero-order valence-electron chi connectivity index (χ0n) is 17.4. The molecular formula is C22H27NO6S2. The van der Waals surface area contributed by atoms with E-state index >= 15 is 0 Å². The van der Waals surface area contributed by atoms with Crippen molar-refractivity contribution >= 4 is 27.3 Å². The summed E-state index contributed by atoms with van der Waals surface area (Å²) in [6.07, 6.45) is 5.45. The van der Waals surface area contributed by atoms with E-state index < -0.39 is 16.0 Å². The third-order valence-electron chi connectivity index (χ3n) is 5.12. The van der Waals surface area contributed by atoms with Crippen molar-refractivity contribution in [2.24, 2.45) is 5.92 Å². The Bertz CT molecular complexity index is 1000. The van der Waals surface area contributed by atoms with Crippen molar-refractivity contribution < 1.29 is 27.8 Å². The molecular weight excluding hydrogens is 438 g/mol. The number of hydrogen-bond donors (Lipinski definition) is 1. The van der Waals surface area contributed by atoms with Gasteiger partial charge in [0, 0.05) is 23.9 Å². The molecule has 1 unspecified atom stereocenters. The van der Waals surface area contributed by atoms with Crippen molar-refractivity contribution in [3.05, 3.63) is 69.8 Å². The number of carboxylic acids is 1. The Hall–Kier alpha value is -2.36. The molecule has 0 saturated carbocycles. The van der Waals surface area contributed by atoms with Crippen LogP contribution in [0.15, 0.2) is 54.5 Å². The number of thiophene rings is 1. The Kier molecular flexibility index (Phi) is 8.11. The summed E-state index contributed by atoms with van der Waals surface area (Å²) in [5.74, 6) is -0.174. The lowest BCUT2D eigenvalue weighted by atomic mass is 9.94. The Morgan fingerprint density at radius 3 is 2.58 bits per heavy atom. The normalized spacial score (nSPS) is 14.7. The molecule has 1 aliphatic rings. The molecule has 2 aromatic rings. The van der Waals surface area contributed by atoms with Gasteiger partial charge < -0.3 is 14.6 Å². The number of rotatable bonds is 12. The van der Waals surface area contributed by atoms with Crippen LogP contribution in [0, 0.1) is 5.92 Å². The first-order chi connectivity index (χ1) is 14.8. The van der Waals surface area contributed by atoms with E-state index in [1.807, 2.05) is 30.3 Å². The van der Waals surface area contributed by atoms with Crippen molar-refractivity contribution in [2.45, 2.75) is 25.7 Å². The summed E-state index contributed by atoms with van der Waals surface area (Å²) in [6, 6.07) is 13.4. The summed E-state index contributed by atoms with van der Waals surface area (Å²) >= 11 is 1.23. The van der Waals surface area contributed by atoms with Gasteiger partial charge in [0.25, 0.3) is 0 Å². The molecule has 0 aliphatic carbocycles. The molecule has 1 aromatic carbocycles. The number of benzene rings is 1. The number of aromatic carboxylic acids is 1. The predicted octanol–water partition coefficient (Wildman–Crippen LogP) is 3.74. The quantitative estimate of drug-likeness (QED) is 0.513. The third-order valence-corrected chi connectivity index (χ3v) is 7.56. The molecule has 0 fully saturated rings. The van der Waals surface area contributed by atoms with Crippen LogP contribution in [0.2, 0.25) is 0 Å². The fourth-order valence-electron chi connectivity index (χ4n) is 3.51. The molecule has 0 amide bonds. The van der Waals surface area contributed by atoms with E-state index in [1.165, 1.54) is 21.9 Å². The van der Waals surface area contributed by atoms with Crippen LogP contribution in [0.25, 0.3) is 0 Å². The average Bonchev–Trinajstić information content (AvgIpc) is 3.41. The predicted molar refractivity (Wildman–Crippen MR) is 119 cm³/mol. The van der Waals surface area contributed by atoms with Crippen LogP contribution in [-0.2, 0) is 32.3 Å². The van der Waals surface area contributed by atoms with Crippen LogP contribution in [0.4, 0.5) is 0 Å². The van der Waals surface area contributed by atoms with Gasteiger partial charge in [-0.1, -0.05) is 30.3 Å². The number of sulfonamides is 1. The first-order valence-corrected chi connectivity index (χ1v) is 12.7. The van der Waals surface area contributed by atoms with Gasteiger partial charge in [-0.2, -0.15) is 0 Å². The molecule has 1 aromatic heterocycles. The van der Waals surface area contributed by atoms with E-state index in [1.54, 1.807) is 18.4 Å². The third kappa shape index (κ3) is 7.09. The zero-order chi connectivity index (χ0) is 22.3. The smallest absolute Gasteiger partial charge is 0.345 e. The van der Waals surface area contributed by atoms with Gasteiger partial charge >= 0.3 is 5.97 Å². The summed E-state index contributed by atoms with van der Waals surface area (Å²) in [5, 5.41) is 9.04. The topological polar surface area (TPSA) is 93.1 Å². The molecule has 31 heavy (non-hydrogen) atoms. The maximum absolute atomic E-state index is 12.3. The number of aryl methyl sites for hydroxylation is 1. The number of carbonyl (C=O) groups is 1. The lowest BCUT2D eigenvalue weighted by Crippen LogP contribution is -2.33. The van der Waals surface area contributed by atoms with Crippen molar-refractivity contribution in [3.8, 4) is 0 Å². The molecule has 7 nitrogen and oxygen atoms in total. The van der Waals surface area contributed by atoms with Crippen LogP contribution in [-0.4, -0.2) is 49.9 Å². The summed E-state index contributed by atoms with van der Waals surface area (Å²) < 4.78 is 37.0. The molecule has 3 rings (SSSR count). The Morgan fingerprint density at radius 1 is 1.19 bits per heavy atom. The molecule has 0 saturated heterocycles. The average molecular weight is 466 g/mol. The van der Waals surface area contributed by atoms with Gasteiger partial charge in [0.2, 0.25) is 16.8 Å². The van der Waals surface area contributed by atoms with E-state index in [9.17, 15) is 13.2 Å². The minimum atomic E-state index is -3.37. The SMILES string of the molecule is CS(=O)(=O)N(CCCc1ccc(C(=O)O)s1)CCC(Cc1ccccc1)C1=COCO1. The molecule has 9 heteroatoms. The Balaban J connectivity index is 1.59. The van der Waals surface area contributed by atoms with E-state index in [4.69, 9.17) is 14.6 Å². The molecule has 1 N–H and O–H groups in total. The second-order valence-electron chi connectivity index (χ2n) is 7.46. The van der Waals surface area contributed by atoms with Gasteiger partial charge in [0.15, 0.2) is 0 Å². The second-order valence-corrected chi connectivity index (χ2v) is 10.6. The molecule has 0 spiro atoms. The highest BCUT2D eigenvalue weighted by Crippen LogP contribution is 2.26. The highest BCUT2D eigenvalue weighted by Gasteiger charge is 2.24. The monoisotopic (exact) mass is 465 g/mol. The molecule has 2 heterocycles. The molecule has 168 valence electrons. The standard InChI is InChI=1S/C22H27NO6S2/c1-31(26,27)23(12-5-8-19-9-10-21(30-19)22(24)25)13-11-18(20-15-28-16-29-20)14-17-6-3-2-4-7-17/h2-4,6-7,9-10,15,18H,5,8,11-14,16H2,1H3,(H,24,25). The number of ether oxygens (including phenoxy) is 2. The number of allylic oxidation sites excluding steroid dienone is 1. The van der Waals surface area contributed by atoms with E-state index in [-0.39, 0.29) is 12.7 Å². The lowest BCUT2D eigenvalue weighted by molar-refractivity contribution is 0.0690. The summed E-state index contributed by atoms with van der Waals surface area (Å²) in [5.41, 5.74) is 1.15. The highest BCUT2D eigenvalue weighted by atomic mass is 32.2. The van der Waals surface area contributed by atoms with Crippen molar-refractivity contribution in [3.63, 3.8) is 0 Å². The van der Waals surface area contributed by atoms with Gasteiger partial charge in [-0.3, -0.25) is 0 Å². The summed E-state index contributed by atoms with van der Waals surface area (Å²) in [4.78, 5) is 12.3. The maximum atomic E-state index is 12.3. The number of carboxylic acid groups (broad SMARTS) is 1. The number of hydrogen-bond acceptors (Lipinski definition) is 6. The Morgan fingerprint density at radius 2 is 1.97 bits per heavy atom. The largest absolute Gasteiger partial charge is 0.477 e. The minimum absolute atomic E-state index is 0.0181. The van der Waals surface area contributed by atoms with Gasteiger partial charge in [-0.05, 0) is 43.4 Å². The molecule has 0 bridgehead atoms. The first kappa shape index (κ1) is 23.3. The van der Waals surface area contributed by atoms with Crippen molar-refractivity contribution in [1.82, 2.24) is 4.31 Å². The highest BCUT2D eigenvalue weighted by molar-refractivity contribution is 7.88. The molecule has 1 atom stereocenters. The fourth-order valence-corrected chi connectivity index (χ4v) is 5.30. The first-order valence-electron chi connectivity index (χ1n) is 10.1. The fraction of sp³-hybridized carbons (Fsp3) is 0.409. The van der Waals surface area contributed by atoms with E-state index in [0.29, 0.717) is 37.2 Å². The van der Waals surface area contributed by atoms with Crippen LogP contribution < -0.4 is 0 Å². The number of nitrogens with zero attached hydrogens (tertiary/aromatic N) is 1. The van der Waals surface area contributed by atoms with Gasteiger partial charge in [0.1, 0.15) is 16.9 Å². The molecule has 1 aliphatic heterocycles. The van der Waals surface area contributed by atoms with E-state index in [0.717, 1.165) is 22.6 Å². The van der Waals surface area contributed by atoms with Crippen LogP contribution in [0.5, 0.6) is 0 Å². The summed E-state index contributed by atoms with van der Waals surface area (Å²) in [6.45, 7) is 0.949. The molecule has 0 radical (unpaired) electrons. The van der Waals surface area contributed by atoms with Crippen molar-refractivity contribution in [1.29, 1.82) is 0 Å². The zero-order valence-corrected chi connectivity index (χ0v) is 19.0. The lowest BCUT2D eigenvalue weighted by Gasteiger charge is -2.23. The van der Waals surface area contributed by atoms with Gasteiger partial charge in [0.05, 0.1) is 6.26 Å². The van der Waals surface area contributed by atoms with Crippen LogP contribution in [0.1, 0.15) is 33.0 Å². The minimum Gasteiger partial charge on any atom is -0.477 e. The Labute approximate surface area is 187 Å². The van der Waals surface area contributed by atoms with Crippen LogP contribution >= 0.6 is 11.3 Å². The van der Waals surface area contributed by atoms with Crippen LogP contribution in [0.3, 0.4) is 0 Å². The van der Waals surface area contributed by atoms with Gasteiger partial charge in [-0.15, -0.1) is 11.3 Å². The summed E-state index contributed by atoms with van der Waals surface area (Å²) in [7, 11) is -3.37. The van der Waals surface area contributed by atoms with Crippen molar-refractivity contribution in [2.75, 3.05) is 26.1 Å². The van der Waals surface area contributed by atoms with Gasteiger partial charge in [-0.25, -0.2) is 17.5 Å². The van der Waals surface area contributed by atoms with E-state index in [2.05, 4.69) is 0 Å². The maximum Gasteiger partial charge on any atom is 0.345 e. The second kappa shape index (κ2) is 10.8.